The monoisotopic (exact) mass is 397 g/mol. The zero-order valence-electron chi connectivity index (χ0n) is 17.3. The molecule has 3 aromatic rings. The highest BCUT2D eigenvalue weighted by Gasteiger charge is 2.22. The number of hydrogen-bond acceptors (Lipinski definition) is 5. The van der Waals surface area contributed by atoms with Crippen molar-refractivity contribution in [3.8, 4) is 5.69 Å². The van der Waals surface area contributed by atoms with Gasteiger partial charge in [-0.1, -0.05) is 18.2 Å². The SMILES string of the molecule is CCOCCCNC(=O)C(C)n1nc(C)c2c(C)n(-c3ccccc3)nc2c1=O. The second-order valence-electron chi connectivity index (χ2n) is 6.91. The van der Waals surface area contributed by atoms with Crippen LogP contribution in [0.4, 0.5) is 0 Å². The van der Waals surface area contributed by atoms with Crippen LogP contribution in [-0.4, -0.2) is 45.2 Å². The molecule has 1 aromatic carbocycles. The Morgan fingerprint density at radius 3 is 2.62 bits per heavy atom. The van der Waals surface area contributed by atoms with Gasteiger partial charge in [0.2, 0.25) is 5.91 Å². The van der Waals surface area contributed by atoms with Crippen molar-refractivity contribution in [1.29, 1.82) is 0 Å². The fourth-order valence-corrected chi connectivity index (χ4v) is 3.32. The van der Waals surface area contributed by atoms with Crippen LogP contribution in [0.1, 0.15) is 37.7 Å². The lowest BCUT2D eigenvalue weighted by Gasteiger charge is -2.14. The van der Waals surface area contributed by atoms with Gasteiger partial charge >= 0.3 is 0 Å². The number of nitrogens with one attached hydrogen (secondary N) is 1. The lowest BCUT2D eigenvalue weighted by molar-refractivity contribution is -0.124. The second kappa shape index (κ2) is 9.00. The normalized spacial score (nSPS) is 12.3. The van der Waals surface area contributed by atoms with E-state index in [0.717, 1.165) is 16.8 Å². The molecule has 0 saturated heterocycles. The summed E-state index contributed by atoms with van der Waals surface area (Å²) in [5.41, 5.74) is 2.31. The van der Waals surface area contributed by atoms with Crippen LogP contribution in [0.2, 0.25) is 0 Å². The van der Waals surface area contributed by atoms with E-state index in [1.807, 2.05) is 51.1 Å². The van der Waals surface area contributed by atoms with E-state index in [4.69, 9.17) is 4.74 Å². The number of fused-ring (bicyclic) bond motifs is 1. The summed E-state index contributed by atoms with van der Waals surface area (Å²) in [7, 11) is 0. The van der Waals surface area contributed by atoms with Crippen molar-refractivity contribution in [2.45, 2.75) is 40.2 Å². The highest BCUT2D eigenvalue weighted by Crippen LogP contribution is 2.21. The van der Waals surface area contributed by atoms with E-state index in [9.17, 15) is 9.59 Å². The van der Waals surface area contributed by atoms with Crippen molar-refractivity contribution in [2.24, 2.45) is 0 Å². The van der Waals surface area contributed by atoms with Crippen LogP contribution in [-0.2, 0) is 9.53 Å². The van der Waals surface area contributed by atoms with Crippen LogP contribution in [0.5, 0.6) is 0 Å². The van der Waals surface area contributed by atoms with Crippen molar-refractivity contribution < 1.29 is 9.53 Å². The van der Waals surface area contributed by atoms with E-state index in [1.54, 1.807) is 11.6 Å². The number of para-hydroxylation sites is 1. The topological polar surface area (TPSA) is 91.0 Å². The predicted octanol–water partition coefficient (Wildman–Crippen LogP) is 2.30. The van der Waals surface area contributed by atoms with E-state index < -0.39 is 6.04 Å². The lowest BCUT2D eigenvalue weighted by Crippen LogP contribution is -2.38. The van der Waals surface area contributed by atoms with E-state index in [2.05, 4.69) is 15.5 Å². The van der Waals surface area contributed by atoms with Gasteiger partial charge in [-0.15, -0.1) is 0 Å². The van der Waals surface area contributed by atoms with Gasteiger partial charge in [-0.25, -0.2) is 9.36 Å². The molecular weight excluding hydrogens is 370 g/mol. The van der Waals surface area contributed by atoms with Crippen molar-refractivity contribution in [3.63, 3.8) is 0 Å². The molecule has 0 aliphatic heterocycles. The smallest absolute Gasteiger partial charge is 0.295 e. The Bertz CT molecular complexity index is 1060. The number of rotatable bonds is 8. The number of amides is 1. The van der Waals surface area contributed by atoms with E-state index in [-0.39, 0.29) is 11.5 Å². The third kappa shape index (κ3) is 4.22. The van der Waals surface area contributed by atoms with Crippen molar-refractivity contribution >= 4 is 16.8 Å². The molecule has 8 heteroatoms. The summed E-state index contributed by atoms with van der Waals surface area (Å²) in [6.07, 6.45) is 0.716. The molecule has 0 spiro atoms. The van der Waals surface area contributed by atoms with Crippen molar-refractivity contribution in [2.75, 3.05) is 19.8 Å². The molecule has 1 unspecified atom stereocenters. The molecule has 29 heavy (non-hydrogen) atoms. The maximum atomic E-state index is 13.1. The first kappa shape index (κ1) is 20.7. The van der Waals surface area contributed by atoms with Crippen LogP contribution in [0, 0.1) is 13.8 Å². The second-order valence-corrected chi connectivity index (χ2v) is 6.91. The van der Waals surface area contributed by atoms with E-state index in [0.29, 0.717) is 37.4 Å². The number of ether oxygens (including phenoxy) is 1. The highest BCUT2D eigenvalue weighted by atomic mass is 16.5. The molecule has 1 amide bonds. The first-order valence-electron chi connectivity index (χ1n) is 9.85. The molecule has 0 saturated carbocycles. The molecule has 0 bridgehead atoms. The molecule has 0 aliphatic rings. The quantitative estimate of drug-likeness (QED) is 0.589. The largest absolute Gasteiger partial charge is 0.382 e. The summed E-state index contributed by atoms with van der Waals surface area (Å²) in [6.45, 7) is 9.06. The Balaban J connectivity index is 1.91. The van der Waals surface area contributed by atoms with E-state index >= 15 is 0 Å². The molecular formula is C21H27N5O3. The standard InChI is InChI=1S/C21H27N5O3/c1-5-29-13-9-12-22-20(27)16(4)26-21(28)19-18(14(2)23-26)15(3)25(24-19)17-10-7-6-8-11-17/h6-8,10-11,16H,5,9,12-13H2,1-4H3,(H,22,27). The minimum atomic E-state index is -0.736. The van der Waals surface area contributed by atoms with Gasteiger partial charge in [-0.3, -0.25) is 9.59 Å². The van der Waals surface area contributed by atoms with Gasteiger partial charge in [-0.2, -0.15) is 10.2 Å². The highest BCUT2D eigenvalue weighted by molar-refractivity contribution is 5.84. The summed E-state index contributed by atoms with van der Waals surface area (Å²) >= 11 is 0. The number of nitrogens with zero attached hydrogens (tertiary/aromatic N) is 4. The number of hydrogen-bond donors (Lipinski definition) is 1. The zero-order chi connectivity index (χ0) is 21.0. The molecule has 1 N–H and O–H groups in total. The molecule has 1 atom stereocenters. The Labute approximate surface area is 169 Å². The average molecular weight is 397 g/mol. The van der Waals surface area contributed by atoms with Crippen LogP contribution < -0.4 is 10.9 Å². The molecule has 0 fully saturated rings. The Morgan fingerprint density at radius 1 is 1.21 bits per heavy atom. The lowest BCUT2D eigenvalue weighted by atomic mass is 10.2. The first-order valence-corrected chi connectivity index (χ1v) is 9.85. The molecule has 0 radical (unpaired) electrons. The summed E-state index contributed by atoms with van der Waals surface area (Å²) in [6, 6.07) is 8.89. The molecule has 0 aliphatic carbocycles. The summed E-state index contributed by atoms with van der Waals surface area (Å²) in [5.74, 6) is -0.255. The molecule has 3 rings (SSSR count). The summed E-state index contributed by atoms with van der Waals surface area (Å²) in [4.78, 5) is 25.6. The molecule has 8 nitrogen and oxygen atoms in total. The minimum Gasteiger partial charge on any atom is -0.382 e. The number of aromatic nitrogens is 4. The predicted molar refractivity (Wildman–Crippen MR) is 111 cm³/mol. The Morgan fingerprint density at radius 2 is 1.93 bits per heavy atom. The van der Waals surface area contributed by atoms with Crippen LogP contribution in [0.3, 0.4) is 0 Å². The summed E-state index contributed by atoms with van der Waals surface area (Å²) < 4.78 is 8.22. The first-order chi connectivity index (χ1) is 14.0. The minimum absolute atomic E-state index is 0.255. The maximum Gasteiger partial charge on any atom is 0.295 e. The average Bonchev–Trinajstić information content (AvgIpc) is 3.08. The van der Waals surface area contributed by atoms with Gasteiger partial charge in [0.05, 0.1) is 22.5 Å². The maximum absolute atomic E-state index is 13.1. The molecule has 2 aromatic heterocycles. The van der Waals surface area contributed by atoms with Gasteiger partial charge in [0, 0.05) is 19.8 Å². The number of carbonyl (C=O) groups is 1. The number of carbonyl (C=O) groups excluding carboxylic acids is 1. The summed E-state index contributed by atoms with van der Waals surface area (Å²) in [5, 5.41) is 12.5. The number of benzene rings is 1. The van der Waals surface area contributed by atoms with Crippen LogP contribution in [0.25, 0.3) is 16.6 Å². The number of aryl methyl sites for hydroxylation is 2. The van der Waals surface area contributed by atoms with Crippen LogP contribution in [0.15, 0.2) is 35.1 Å². The van der Waals surface area contributed by atoms with E-state index in [1.165, 1.54) is 4.68 Å². The van der Waals surface area contributed by atoms with Gasteiger partial charge in [-0.05, 0) is 46.2 Å². The Kier molecular flexibility index (Phi) is 6.43. The fourth-order valence-electron chi connectivity index (χ4n) is 3.32. The van der Waals surface area contributed by atoms with Gasteiger partial charge in [0.25, 0.3) is 5.56 Å². The van der Waals surface area contributed by atoms with Gasteiger partial charge in [0.15, 0.2) is 5.52 Å². The third-order valence-electron chi connectivity index (χ3n) is 4.86. The molecule has 154 valence electrons. The van der Waals surface area contributed by atoms with Gasteiger partial charge < -0.3 is 10.1 Å². The third-order valence-corrected chi connectivity index (χ3v) is 4.86. The molecule has 2 heterocycles. The fraction of sp³-hybridized carbons (Fsp3) is 0.429. The Hall–Kier alpha value is -3.00. The zero-order valence-corrected chi connectivity index (χ0v) is 17.3. The van der Waals surface area contributed by atoms with Crippen LogP contribution >= 0.6 is 0 Å². The van der Waals surface area contributed by atoms with Crippen molar-refractivity contribution in [3.05, 3.63) is 52.1 Å². The van der Waals surface area contributed by atoms with Crippen molar-refractivity contribution in [1.82, 2.24) is 24.9 Å². The van der Waals surface area contributed by atoms with Gasteiger partial charge in [0.1, 0.15) is 6.04 Å².